The van der Waals surface area contributed by atoms with Crippen LogP contribution >= 0.6 is 0 Å². The van der Waals surface area contributed by atoms with E-state index in [1.807, 2.05) is 0 Å². The van der Waals surface area contributed by atoms with Crippen LogP contribution in [0.3, 0.4) is 0 Å². The van der Waals surface area contributed by atoms with Gasteiger partial charge in [0.25, 0.3) is 0 Å². The number of rotatable bonds is 0. The molecule has 0 aromatic carbocycles. The number of nitrogens with one attached hydrogen (secondary N) is 1. The molecule has 0 atom stereocenters. The molecule has 0 saturated heterocycles. The Morgan fingerprint density at radius 2 is 2.29 bits per heavy atom. The van der Waals surface area contributed by atoms with E-state index in [4.69, 9.17) is 0 Å². The van der Waals surface area contributed by atoms with Crippen LogP contribution in [0.25, 0.3) is 0 Å². The molecule has 3 nitrogen and oxygen atoms in total. The molecule has 7 heavy (non-hydrogen) atoms. The number of aliphatic imine (C=N–C) groups is 1. The molecule has 0 aromatic rings. The van der Waals surface area contributed by atoms with E-state index in [1.54, 1.807) is 6.34 Å². The smallest absolute Gasteiger partial charge is 0.870 e. The first-order valence-corrected chi connectivity index (χ1v) is 1.72. The molecule has 1 aliphatic heterocycles. The molecule has 0 fully saturated rings. The van der Waals surface area contributed by atoms with Crippen molar-refractivity contribution >= 4 is 6.34 Å². The molecule has 0 radical (unpaired) electrons. The van der Waals surface area contributed by atoms with Crippen LogP contribution in [0, 0.1) is 0 Å². The Balaban J connectivity index is 0. The normalized spacial score (nSPS) is 13.7. The average Bonchev–Trinajstić information content (AvgIpc) is 1.76. The van der Waals surface area contributed by atoms with Gasteiger partial charge in [0, 0.05) is 6.54 Å². The van der Waals surface area contributed by atoms with Crippen molar-refractivity contribution in [1.82, 2.24) is 5.32 Å². The van der Waals surface area contributed by atoms with Crippen LogP contribution in [0.15, 0.2) is 4.99 Å². The van der Waals surface area contributed by atoms with Crippen LogP contribution in [0.5, 0.6) is 0 Å². The molecule has 0 unspecified atom stereocenters. The monoisotopic (exact) mass is 110 g/mol. The zero-order valence-electron chi connectivity index (χ0n) is 4.39. The molecular formula is C3H7N2NaO. The maximum Gasteiger partial charge on any atom is 1.00 e. The van der Waals surface area contributed by atoms with Crippen molar-refractivity contribution in [3.05, 3.63) is 0 Å². The predicted molar refractivity (Wildman–Crippen MR) is 23.3 cm³/mol. The summed E-state index contributed by atoms with van der Waals surface area (Å²) in [5, 5.41) is 2.93. The van der Waals surface area contributed by atoms with E-state index in [2.05, 4.69) is 10.3 Å². The Morgan fingerprint density at radius 1 is 1.57 bits per heavy atom. The maximum atomic E-state index is 3.85. The van der Waals surface area contributed by atoms with Gasteiger partial charge >= 0.3 is 29.6 Å². The second-order valence-corrected chi connectivity index (χ2v) is 0.989. The number of hydrogen-bond acceptors (Lipinski definition) is 3. The molecule has 4 heteroatoms. The fourth-order valence-electron chi connectivity index (χ4n) is 0.323. The van der Waals surface area contributed by atoms with Crippen molar-refractivity contribution in [1.29, 1.82) is 0 Å². The molecule has 0 amide bonds. The van der Waals surface area contributed by atoms with Crippen LogP contribution in [0.1, 0.15) is 0 Å². The van der Waals surface area contributed by atoms with Gasteiger partial charge in [-0.05, 0) is 0 Å². The van der Waals surface area contributed by atoms with Crippen LogP contribution < -0.4 is 34.9 Å². The van der Waals surface area contributed by atoms with Crippen molar-refractivity contribution < 1.29 is 35.0 Å². The van der Waals surface area contributed by atoms with Crippen LogP contribution in [0.2, 0.25) is 0 Å². The molecule has 2 N–H and O–H groups in total. The SMILES string of the molecule is C1=NCCN1.[Na+].[OH-]. The summed E-state index contributed by atoms with van der Waals surface area (Å²) in [4.78, 5) is 3.85. The first-order chi connectivity index (χ1) is 2.50. The first kappa shape index (κ1) is 10.4. The van der Waals surface area contributed by atoms with Gasteiger partial charge in [0.15, 0.2) is 0 Å². The zero-order valence-corrected chi connectivity index (χ0v) is 6.39. The Bertz CT molecular complexity index is 50.9. The minimum atomic E-state index is 0. The summed E-state index contributed by atoms with van der Waals surface area (Å²) in [5.74, 6) is 0. The van der Waals surface area contributed by atoms with Gasteiger partial charge in [-0.1, -0.05) is 0 Å². The summed E-state index contributed by atoms with van der Waals surface area (Å²) in [6, 6.07) is 0. The number of hydrogen-bond donors (Lipinski definition) is 1. The standard InChI is InChI=1S/C3H6N2.Na.H2O/c1-2-5-3-4-1;;/h3H,1-2H2,(H,4,5);;1H2/q;+1;/p-1. The molecule has 0 spiro atoms. The quantitative estimate of drug-likeness (QED) is 0.328. The van der Waals surface area contributed by atoms with Gasteiger partial charge in [0.05, 0.1) is 12.9 Å². The summed E-state index contributed by atoms with van der Waals surface area (Å²) in [6.45, 7) is 1.99. The Kier molecular flexibility index (Phi) is 9.57. The van der Waals surface area contributed by atoms with Crippen molar-refractivity contribution in [3.63, 3.8) is 0 Å². The Hall–Kier alpha value is 0.430. The molecule has 0 saturated carbocycles. The van der Waals surface area contributed by atoms with Crippen LogP contribution in [-0.4, -0.2) is 24.9 Å². The summed E-state index contributed by atoms with van der Waals surface area (Å²) >= 11 is 0. The van der Waals surface area contributed by atoms with Gasteiger partial charge in [-0.2, -0.15) is 0 Å². The third kappa shape index (κ3) is 4.28. The van der Waals surface area contributed by atoms with Gasteiger partial charge in [0.2, 0.25) is 0 Å². The summed E-state index contributed by atoms with van der Waals surface area (Å²) in [5.41, 5.74) is 0. The predicted octanol–water partition coefficient (Wildman–Crippen LogP) is -3.55. The van der Waals surface area contributed by atoms with Crippen molar-refractivity contribution in [2.24, 2.45) is 4.99 Å². The van der Waals surface area contributed by atoms with Gasteiger partial charge in [0.1, 0.15) is 0 Å². The summed E-state index contributed by atoms with van der Waals surface area (Å²) < 4.78 is 0. The zero-order chi connectivity index (χ0) is 3.54. The number of nitrogens with zero attached hydrogens (tertiary/aromatic N) is 1. The second-order valence-electron chi connectivity index (χ2n) is 0.989. The van der Waals surface area contributed by atoms with Gasteiger partial charge in [-0.25, -0.2) is 0 Å². The largest absolute Gasteiger partial charge is 1.00 e. The molecule has 1 rings (SSSR count). The van der Waals surface area contributed by atoms with Crippen molar-refractivity contribution in [2.45, 2.75) is 0 Å². The third-order valence-corrected chi connectivity index (χ3v) is 0.568. The van der Waals surface area contributed by atoms with E-state index in [0.29, 0.717) is 0 Å². The van der Waals surface area contributed by atoms with Crippen LogP contribution in [0.4, 0.5) is 0 Å². The molecule has 36 valence electrons. The van der Waals surface area contributed by atoms with Gasteiger partial charge in [-0.3, -0.25) is 4.99 Å². The van der Waals surface area contributed by atoms with E-state index in [-0.39, 0.29) is 35.0 Å². The first-order valence-electron chi connectivity index (χ1n) is 1.72. The molecule has 0 aromatic heterocycles. The van der Waals surface area contributed by atoms with E-state index >= 15 is 0 Å². The van der Waals surface area contributed by atoms with Gasteiger partial charge in [-0.15, -0.1) is 0 Å². The molecule has 0 aliphatic carbocycles. The molecule has 0 bridgehead atoms. The second kappa shape index (κ2) is 6.43. The minimum absolute atomic E-state index is 0. The third-order valence-electron chi connectivity index (χ3n) is 0.568. The van der Waals surface area contributed by atoms with Crippen molar-refractivity contribution in [3.8, 4) is 0 Å². The minimum Gasteiger partial charge on any atom is -0.870 e. The maximum absolute atomic E-state index is 3.85. The topological polar surface area (TPSA) is 54.4 Å². The van der Waals surface area contributed by atoms with E-state index < -0.39 is 0 Å². The average molecular weight is 110 g/mol. The molecule has 1 aliphatic rings. The summed E-state index contributed by atoms with van der Waals surface area (Å²) in [7, 11) is 0. The molecular weight excluding hydrogens is 103 g/mol. The van der Waals surface area contributed by atoms with E-state index in [1.165, 1.54) is 0 Å². The fraction of sp³-hybridized carbons (Fsp3) is 0.667. The Labute approximate surface area is 64.8 Å². The Morgan fingerprint density at radius 3 is 2.43 bits per heavy atom. The van der Waals surface area contributed by atoms with E-state index in [0.717, 1.165) is 13.1 Å². The van der Waals surface area contributed by atoms with Crippen LogP contribution in [-0.2, 0) is 0 Å². The van der Waals surface area contributed by atoms with Crippen molar-refractivity contribution in [2.75, 3.05) is 13.1 Å². The van der Waals surface area contributed by atoms with Gasteiger partial charge < -0.3 is 10.8 Å². The summed E-state index contributed by atoms with van der Waals surface area (Å²) in [6.07, 6.45) is 1.74. The molecule has 1 heterocycles. The fourth-order valence-corrected chi connectivity index (χ4v) is 0.323. The van der Waals surface area contributed by atoms with E-state index in [9.17, 15) is 0 Å².